The number of ether oxygens (including phenoxy) is 1. The lowest BCUT2D eigenvalue weighted by Gasteiger charge is -2.11. The largest absolute Gasteiger partial charge is 0.478 e. The molecule has 4 aromatic carbocycles. The Labute approximate surface area is 224 Å². The summed E-state index contributed by atoms with van der Waals surface area (Å²) in [6.45, 7) is 3.66. The quantitative estimate of drug-likeness (QED) is 0.177. The van der Waals surface area contributed by atoms with Gasteiger partial charge in [0.2, 0.25) is 0 Å². The van der Waals surface area contributed by atoms with Gasteiger partial charge in [0, 0.05) is 5.69 Å². The van der Waals surface area contributed by atoms with Crippen LogP contribution < -0.4 is 15.5 Å². The molecule has 198 valence electrons. The normalized spacial score (nSPS) is 10.5. The molecule has 39 heavy (non-hydrogen) atoms. The lowest BCUT2D eigenvalue weighted by atomic mass is 10.0. The van der Waals surface area contributed by atoms with Crippen molar-refractivity contribution in [3.05, 3.63) is 118 Å². The van der Waals surface area contributed by atoms with Gasteiger partial charge in [-0.15, -0.1) is 0 Å². The number of aryl methyl sites for hydroxylation is 2. The van der Waals surface area contributed by atoms with E-state index in [4.69, 9.17) is 9.57 Å². The summed E-state index contributed by atoms with van der Waals surface area (Å²) in [5.74, 6) is -1.60. The first-order chi connectivity index (χ1) is 18.7. The number of anilines is 2. The molecule has 4 rings (SSSR count). The van der Waals surface area contributed by atoms with Crippen molar-refractivity contribution in [2.75, 3.05) is 10.8 Å². The molecular formula is C30H26N2O7. The molecule has 4 aromatic rings. The van der Waals surface area contributed by atoms with Crippen LogP contribution in [-0.4, -0.2) is 28.1 Å². The van der Waals surface area contributed by atoms with E-state index in [2.05, 4.69) is 10.8 Å². The third-order valence-corrected chi connectivity index (χ3v) is 5.77. The Morgan fingerprint density at radius 2 is 1.21 bits per heavy atom. The number of carbonyl (C=O) groups is 3. The van der Waals surface area contributed by atoms with Gasteiger partial charge < -0.3 is 20.3 Å². The molecule has 9 nitrogen and oxygen atoms in total. The maximum absolute atomic E-state index is 12.6. The summed E-state index contributed by atoms with van der Waals surface area (Å²) < 4.78 is 5.84. The van der Waals surface area contributed by atoms with Crippen LogP contribution in [0.5, 0.6) is 11.5 Å². The number of hydrogen-bond acceptors (Lipinski definition) is 6. The molecule has 1 amide bonds. The molecule has 0 saturated carbocycles. The summed E-state index contributed by atoms with van der Waals surface area (Å²) in [4.78, 5) is 41.0. The number of carboxylic acid groups (broad SMARTS) is 2. The molecule has 0 saturated heterocycles. The minimum Gasteiger partial charge on any atom is -0.478 e. The first-order valence-electron chi connectivity index (χ1n) is 11.9. The second-order valence-electron chi connectivity index (χ2n) is 8.82. The van der Waals surface area contributed by atoms with Gasteiger partial charge in [0.15, 0.2) is 0 Å². The van der Waals surface area contributed by atoms with Gasteiger partial charge in [-0.3, -0.25) is 15.1 Å². The highest BCUT2D eigenvalue weighted by Gasteiger charge is 2.17. The van der Waals surface area contributed by atoms with Crippen LogP contribution in [0.25, 0.3) is 0 Å². The van der Waals surface area contributed by atoms with E-state index in [-0.39, 0.29) is 23.3 Å². The highest BCUT2D eigenvalue weighted by atomic mass is 16.6. The standard InChI is InChI=1S/C30H26N2O7/c1-18-3-5-20(26(15-18)29(34)35)17-38-32-22-8-12-24(13-9-22)39-23-10-6-21(7-11-23)31-28(33)25-14-4-19(2)16-27(25)30(36)37/h3-16,32H,17H2,1-2H3,(H,31,33)(H,34,35)(H,36,37). The molecule has 0 aliphatic carbocycles. The molecule has 0 aliphatic rings. The van der Waals surface area contributed by atoms with Crippen LogP contribution in [0.2, 0.25) is 0 Å². The third kappa shape index (κ3) is 7.00. The Bertz CT molecular complexity index is 1510. The third-order valence-electron chi connectivity index (χ3n) is 5.77. The van der Waals surface area contributed by atoms with Gasteiger partial charge in [0.05, 0.1) is 22.4 Å². The molecule has 4 N–H and O–H groups in total. The smallest absolute Gasteiger partial charge is 0.336 e. The molecule has 0 fully saturated rings. The zero-order chi connectivity index (χ0) is 27.9. The zero-order valence-electron chi connectivity index (χ0n) is 21.2. The molecule has 0 atom stereocenters. The molecule has 0 unspecified atom stereocenters. The molecule has 0 bridgehead atoms. The molecule has 0 radical (unpaired) electrons. The maximum Gasteiger partial charge on any atom is 0.336 e. The topological polar surface area (TPSA) is 134 Å². The number of nitrogens with one attached hydrogen (secondary N) is 2. The van der Waals surface area contributed by atoms with Crippen molar-refractivity contribution in [3.8, 4) is 11.5 Å². The highest BCUT2D eigenvalue weighted by molar-refractivity contribution is 6.10. The Morgan fingerprint density at radius 3 is 1.79 bits per heavy atom. The summed E-state index contributed by atoms with van der Waals surface area (Å²) >= 11 is 0. The van der Waals surface area contributed by atoms with Crippen LogP contribution >= 0.6 is 0 Å². The number of amides is 1. The lowest BCUT2D eigenvalue weighted by molar-refractivity contribution is 0.0682. The second kappa shape index (κ2) is 11.9. The number of carbonyl (C=O) groups excluding carboxylic acids is 1. The molecule has 0 spiro atoms. The minimum absolute atomic E-state index is 0.0593. The number of benzene rings is 4. The van der Waals surface area contributed by atoms with Crippen LogP contribution in [0.1, 0.15) is 47.8 Å². The molecule has 0 aliphatic heterocycles. The molecule has 0 aromatic heterocycles. The van der Waals surface area contributed by atoms with Crippen molar-refractivity contribution in [1.82, 2.24) is 0 Å². The van der Waals surface area contributed by atoms with E-state index >= 15 is 0 Å². The van der Waals surface area contributed by atoms with E-state index in [0.29, 0.717) is 28.4 Å². The van der Waals surface area contributed by atoms with Crippen molar-refractivity contribution in [1.29, 1.82) is 0 Å². The average molecular weight is 527 g/mol. The van der Waals surface area contributed by atoms with E-state index in [1.54, 1.807) is 73.7 Å². The predicted molar refractivity (Wildman–Crippen MR) is 146 cm³/mol. The number of aromatic carboxylic acids is 2. The number of rotatable bonds is 10. The van der Waals surface area contributed by atoms with Crippen molar-refractivity contribution in [2.24, 2.45) is 0 Å². The Hall–Kier alpha value is -5.15. The monoisotopic (exact) mass is 526 g/mol. The van der Waals surface area contributed by atoms with Gasteiger partial charge in [-0.1, -0.05) is 29.3 Å². The lowest BCUT2D eigenvalue weighted by Crippen LogP contribution is -2.16. The van der Waals surface area contributed by atoms with Crippen LogP contribution in [0.15, 0.2) is 84.9 Å². The van der Waals surface area contributed by atoms with E-state index in [1.165, 1.54) is 12.1 Å². The summed E-state index contributed by atoms with van der Waals surface area (Å²) in [5, 5.41) is 21.5. The van der Waals surface area contributed by atoms with Crippen molar-refractivity contribution < 1.29 is 34.2 Å². The van der Waals surface area contributed by atoms with E-state index < -0.39 is 17.8 Å². The summed E-state index contributed by atoms with van der Waals surface area (Å²) in [6, 6.07) is 23.4. The Kier molecular flexibility index (Phi) is 8.23. The summed E-state index contributed by atoms with van der Waals surface area (Å²) in [5.41, 5.74) is 6.31. The minimum atomic E-state index is -1.17. The van der Waals surface area contributed by atoms with Gasteiger partial charge in [0.25, 0.3) is 5.91 Å². The fraction of sp³-hybridized carbons (Fsp3) is 0.100. The predicted octanol–water partition coefficient (Wildman–Crippen LogP) is 6.29. The highest BCUT2D eigenvalue weighted by Crippen LogP contribution is 2.25. The fourth-order valence-electron chi connectivity index (χ4n) is 3.78. The fourth-order valence-corrected chi connectivity index (χ4v) is 3.78. The van der Waals surface area contributed by atoms with Gasteiger partial charge in [-0.2, -0.15) is 0 Å². The van der Waals surface area contributed by atoms with Crippen molar-refractivity contribution in [2.45, 2.75) is 20.5 Å². The summed E-state index contributed by atoms with van der Waals surface area (Å²) in [6.07, 6.45) is 0. The average Bonchev–Trinajstić information content (AvgIpc) is 2.91. The number of carboxylic acids is 2. The molecule has 9 heteroatoms. The Balaban J connectivity index is 1.31. The van der Waals surface area contributed by atoms with Gasteiger partial charge in [-0.25, -0.2) is 9.59 Å². The first-order valence-corrected chi connectivity index (χ1v) is 11.9. The van der Waals surface area contributed by atoms with Crippen LogP contribution in [0.4, 0.5) is 11.4 Å². The van der Waals surface area contributed by atoms with E-state index in [0.717, 1.165) is 11.1 Å². The van der Waals surface area contributed by atoms with Gasteiger partial charge in [-0.05, 0) is 86.1 Å². The molecular weight excluding hydrogens is 500 g/mol. The zero-order valence-corrected chi connectivity index (χ0v) is 21.2. The van der Waals surface area contributed by atoms with Gasteiger partial charge in [0.1, 0.15) is 18.1 Å². The van der Waals surface area contributed by atoms with Crippen molar-refractivity contribution in [3.63, 3.8) is 0 Å². The van der Waals surface area contributed by atoms with Crippen LogP contribution in [0, 0.1) is 13.8 Å². The van der Waals surface area contributed by atoms with Crippen LogP contribution in [-0.2, 0) is 11.4 Å². The number of hydrogen-bond donors (Lipinski definition) is 4. The van der Waals surface area contributed by atoms with E-state index in [1.807, 2.05) is 13.0 Å². The second-order valence-corrected chi connectivity index (χ2v) is 8.82. The maximum atomic E-state index is 12.6. The SMILES string of the molecule is Cc1ccc(CONc2ccc(Oc3ccc(NC(=O)c4ccc(C)cc4C(=O)O)cc3)cc2)c(C(=O)O)c1. The Morgan fingerprint density at radius 1 is 0.667 bits per heavy atom. The van der Waals surface area contributed by atoms with E-state index in [9.17, 15) is 24.6 Å². The van der Waals surface area contributed by atoms with Crippen LogP contribution in [0.3, 0.4) is 0 Å². The van der Waals surface area contributed by atoms with Crippen molar-refractivity contribution >= 4 is 29.2 Å². The summed E-state index contributed by atoms with van der Waals surface area (Å²) in [7, 11) is 0. The molecule has 0 heterocycles. The first kappa shape index (κ1) is 26.9. The van der Waals surface area contributed by atoms with Gasteiger partial charge >= 0.3 is 11.9 Å².